The van der Waals surface area contributed by atoms with E-state index in [4.69, 9.17) is 10.3 Å². The summed E-state index contributed by atoms with van der Waals surface area (Å²) in [4.78, 5) is 18.7. The van der Waals surface area contributed by atoms with Crippen LogP contribution in [0.3, 0.4) is 0 Å². The van der Waals surface area contributed by atoms with Gasteiger partial charge in [0.15, 0.2) is 0 Å². The van der Waals surface area contributed by atoms with Gasteiger partial charge in [0.2, 0.25) is 5.91 Å². The van der Waals surface area contributed by atoms with Crippen molar-refractivity contribution in [1.82, 2.24) is 15.0 Å². The number of anilines is 2. The van der Waals surface area contributed by atoms with Gasteiger partial charge in [-0.3, -0.25) is 4.79 Å². The second-order valence-corrected chi connectivity index (χ2v) is 6.60. The van der Waals surface area contributed by atoms with Gasteiger partial charge in [0.05, 0.1) is 24.0 Å². The molecule has 134 valence electrons. The van der Waals surface area contributed by atoms with E-state index in [1.807, 2.05) is 24.8 Å². The summed E-state index contributed by atoms with van der Waals surface area (Å²) >= 11 is 0. The third-order valence-electron chi connectivity index (χ3n) is 4.75. The maximum Gasteiger partial charge on any atom is 0.227 e. The highest BCUT2D eigenvalue weighted by Gasteiger charge is 2.22. The van der Waals surface area contributed by atoms with Gasteiger partial charge in [-0.2, -0.15) is 0 Å². The van der Waals surface area contributed by atoms with Crippen LogP contribution in [0.4, 0.5) is 11.5 Å². The molecule has 0 bridgehead atoms. The first kappa shape index (κ1) is 17.3. The Morgan fingerprint density at radius 3 is 2.88 bits per heavy atom. The second-order valence-electron chi connectivity index (χ2n) is 6.60. The molecule has 1 aliphatic heterocycles. The van der Waals surface area contributed by atoms with Crippen LogP contribution in [0.2, 0.25) is 0 Å². The van der Waals surface area contributed by atoms with Gasteiger partial charge < -0.3 is 20.5 Å². The molecule has 3 heterocycles. The molecule has 0 aromatic carbocycles. The molecule has 1 amide bonds. The molecule has 1 fully saturated rings. The van der Waals surface area contributed by atoms with Crippen molar-refractivity contribution in [1.29, 1.82) is 0 Å². The minimum atomic E-state index is 0.143. The number of carbonyl (C=O) groups excluding carboxylic acids is 1. The first-order valence-corrected chi connectivity index (χ1v) is 8.70. The zero-order chi connectivity index (χ0) is 17.8. The van der Waals surface area contributed by atoms with Crippen LogP contribution in [0.25, 0.3) is 0 Å². The molecule has 7 nitrogen and oxygen atoms in total. The van der Waals surface area contributed by atoms with Crippen LogP contribution in [-0.2, 0) is 11.2 Å². The van der Waals surface area contributed by atoms with Crippen LogP contribution < -0.4 is 11.1 Å². The number of pyridine rings is 1. The zero-order valence-corrected chi connectivity index (χ0v) is 14.8. The molecular weight excluding hydrogens is 318 g/mol. The van der Waals surface area contributed by atoms with Gasteiger partial charge in [0.1, 0.15) is 11.6 Å². The Labute approximate surface area is 147 Å². The summed E-state index contributed by atoms with van der Waals surface area (Å²) in [5.74, 6) is 1.39. The van der Waals surface area contributed by atoms with Crippen molar-refractivity contribution in [3.05, 3.63) is 35.3 Å². The summed E-state index contributed by atoms with van der Waals surface area (Å²) in [6.45, 7) is 5.27. The van der Waals surface area contributed by atoms with Gasteiger partial charge >= 0.3 is 0 Å². The van der Waals surface area contributed by atoms with Crippen molar-refractivity contribution in [3.63, 3.8) is 0 Å². The molecule has 1 aliphatic rings. The van der Waals surface area contributed by atoms with Crippen molar-refractivity contribution in [2.45, 2.75) is 45.6 Å². The molecule has 2 aromatic heterocycles. The van der Waals surface area contributed by atoms with Gasteiger partial charge in [-0.05, 0) is 45.2 Å². The molecule has 0 radical (unpaired) electrons. The standard InChI is InChI=1S/C18H25N5O2/c1-12-16(13(2)25-22-12)10-18(24)23-8-3-4-14(7-9-23)21-15-5-6-17(19)20-11-15/h5-6,11,14,21H,3-4,7-10H2,1-2H3,(H2,19,20). The molecule has 25 heavy (non-hydrogen) atoms. The highest BCUT2D eigenvalue weighted by Crippen LogP contribution is 2.19. The van der Waals surface area contributed by atoms with Crippen molar-refractivity contribution >= 4 is 17.4 Å². The van der Waals surface area contributed by atoms with E-state index in [2.05, 4.69) is 15.5 Å². The predicted octanol–water partition coefficient (Wildman–Crippen LogP) is 2.30. The molecule has 3 rings (SSSR count). The van der Waals surface area contributed by atoms with Crippen LogP contribution in [0.1, 0.15) is 36.3 Å². The number of hydrogen-bond donors (Lipinski definition) is 2. The van der Waals surface area contributed by atoms with Gasteiger partial charge in [-0.15, -0.1) is 0 Å². The summed E-state index contributed by atoms with van der Waals surface area (Å²) in [5.41, 5.74) is 8.30. The molecule has 0 spiro atoms. The largest absolute Gasteiger partial charge is 0.384 e. The highest BCUT2D eigenvalue weighted by molar-refractivity contribution is 5.79. The third kappa shape index (κ3) is 4.29. The minimum Gasteiger partial charge on any atom is -0.384 e. The molecule has 1 saturated heterocycles. The quantitative estimate of drug-likeness (QED) is 0.884. The lowest BCUT2D eigenvalue weighted by atomic mass is 10.1. The lowest BCUT2D eigenvalue weighted by Gasteiger charge is -2.21. The number of aromatic nitrogens is 2. The van der Waals surface area contributed by atoms with Crippen LogP contribution >= 0.6 is 0 Å². The highest BCUT2D eigenvalue weighted by atomic mass is 16.5. The number of amides is 1. The number of likely N-dealkylation sites (tertiary alicyclic amines) is 1. The molecule has 2 aromatic rings. The van der Waals surface area contributed by atoms with E-state index < -0.39 is 0 Å². The average Bonchev–Trinajstić information content (AvgIpc) is 2.79. The maximum absolute atomic E-state index is 12.6. The zero-order valence-electron chi connectivity index (χ0n) is 14.8. The lowest BCUT2D eigenvalue weighted by molar-refractivity contribution is -0.130. The predicted molar refractivity (Wildman–Crippen MR) is 96.2 cm³/mol. The van der Waals surface area contributed by atoms with E-state index in [1.54, 1.807) is 12.3 Å². The van der Waals surface area contributed by atoms with E-state index >= 15 is 0 Å². The van der Waals surface area contributed by atoms with Crippen molar-refractivity contribution in [2.24, 2.45) is 0 Å². The number of nitrogen functional groups attached to an aromatic ring is 1. The molecule has 1 unspecified atom stereocenters. The van der Waals surface area contributed by atoms with Gasteiger partial charge in [-0.25, -0.2) is 4.98 Å². The Morgan fingerprint density at radius 1 is 1.36 bits per heavy atom. The Morgan fingerprint density at radius 2 is 2.20 bits per heavy atom. The number of nitrogens with zero attached hydrogens (tertiary/aromatic N) is 3. The normalized spacial score (nSPS) is 18.0. The smallest absolute Gasteiger partial charge is 0.227 e. The Balaban J connectivity index is 1.55. The Hall–Kier alpha value is -2.57. The summed E-state index contributed by atoms with van der Waals surface area (Å²) in [6, 6.07) is 4.06. The third-order valence-corrected chi connectivity index (χ3v) is 4.75. The van der Waals surface area contributed by atoms with Crippen LogP contribution in [-0.4, -0.2) is 40.1 Å². The second kappa shape index (κ2) is 7.55. The summed E-state index contributed by atoms with van der Waals surface area (Å²) in [7, 11) is 0. The number of nitrogens with one attached hydrogen (secondary N) is 1. The molecule has 1 atom stereocenters. The number of rotatable bonds is 4. The molecule has 3 N–H and O–H groups in total. The van der Waals surface area contributed by atoms with E-state index in [-0.39, 0.29) is 5.91 Å². The number of hydrogen-bond acceptors (Lipinski definition) is 6. The maximum atomic E-state index is 12.6. The Kier molecular flexibility index (Phi) is 5.21. The van der Waals surface area contributed by atoms with Gasteiger partial charge in [0.25, 0.3) is 0 Å². The summed E-state index contributed by atoms with van der Waals surface area (Å²) in [5, 5.41) is 7.42. The molecular formula is C18H25N5O2. The fraction of sp³-hybridized carbons (Fsp3) is 0.500. The van der Waals surface area contributed by atoms with Crippen molar-refractivity contribution < 1.29 is 9.32 Å². The molecule has 0 saturated carbocycles. The topological polar surface area (TPSA) is 97.3 Å². The van der Waals surface area contributed by atoms with E-state index in [0.29, 0.717) is 18.3 Å². The van der Waals surface area contributed by atoms with Crippen LogP contribution in [0.15, 0.2) is 22.9 Å². The molecule has 0 aliphatic carbocycles. The molecule has 7 heteroatoms. The van der Waals surface area contributed by atoms with Crippen molar-refractivity contribution in [2.75, 3.05) is 24.1 Å². The van der Waals surface area contributed by atoms with Crippen LogP contribution in [0, 0.1) is 13.8 Å². The minimum absolute atomic E-state index is 0.143. The van der Waals surface area contributed by atoms with Gasteiger partial charge in [-0.1, -0.05) is 5.16 Å². The Bertz CT molecular complexity index is 706. The van der Waals surface area contributed by atoms with Gasteiger partial charge in [0, 0.05) is 24.7 Å². The van der Waals surface area contributed by atoms with E-state index in [9.17, 15) is 4.79 Å². The van der Waals surface area contributed by atoms with Crippen molar-refractivity contribution in [3.8, 4) is 0 Å². The SMILES string of the molecule is Cc1noc(C)c1CC(=O)N1CCCC(Nc2ccc(N)nc2)CC1. The monoisotopic (exact) mass is 343 g/mol. The number of nitrogens with two attached hydrogens (primary N) is 1. The van der Waals surface area contributed by atoms with Crippen LogP contribution in [0.5, 0.6) is 0 Å². The van der Waals surface area contributed by atoms with E-state index in [1.165, 1.54) is 0 Å². The average molecular weight is 343 g/mol. The number of carbonyl (C=O) groups is 1. The number of aryl methyl sites for hydroxylation is 2. The summed E-state index contributed by atoms with van der Waals surface area (Å²) in [6.07, 6.45) is 5.03. The first-order chi connectivity index (χ1) is 12.0. The lowest BCUT2D eigenvalue weighted by Crippen LogP contribution is -2.34. The first-order valence-electron chi connectivity index (χ1n) is 8.70. The van der Waals surface area contributed by atoms with E-state index in [0.717, 1.165) is 55.1 Å². The fourth-order valence-electron chi connectivity index (χ4n) is 3.23. The fourth-order valence-corrected chi connectivity index (χ4v) is 3.23. The summed E-state index contributed by atoms with van der Waals surface area (Å²) < 4.78 is 5.15.